The highest BCUT2D eigenvalue weighted by molar-refractivity contribution is 5.89. The number of nitrogens with one attached hydrogen (secondary N) is 2. The highest BCUT2D eigenvalue weighted by atomic mass is 16.6. The fraction of sp³-hybridized carbons (Fsp3) is 0.462. The summed E-state index contributed by atoms with van der Waals surface area (Å²) in [7, 11) is 2.98. The summed E-state index contributed by atoms with van der Waals surface area (Å²) in [5.74, 6) is 6.20. The first-order valence-corrected chi connectivity index (χ1v) is 6.03. The Morgan fingerprint density at radius 1 is 1.20 bits per heavy atom. The molecule has 112 valence electrons. The van der Waals surface area contributed by atoms with Gasteiger partial charge in [0.05, 0.1) is 25.6 Å². The number of methoxy groups -OCH3 is 2. The Bertz CT molecular complexity index is 483. The van der Waals surface area contributed by atoms with Gasteiger partial charge in [0.25, 0.3) is 0 Å². The lowest BCUT2D eigenvalue weighted by atomic mass is 10.2. The zero-order valence-electron chi connectivity index (χ0n) is 12.4. The zero-order chi connectivity index (χ0) is 15.3. The molecule has 0 aliphatic rings. The Morgan fingerprint density at radius 3 is 2.30 bits per heavy atom. The monoisotopic (exact) mass is 283 g/mol. The third-order valence-corrected chi connectivity index (χ3v) is 2.28. The van der Waals surface area contributed by atoms with Gasteiger partial charge in [0.15, 0.2) is 11.5 Å². The molecule has 7 nitrogen and oxygen atoms in total. The van der Waals surface area contributed by atoms with Gasteiger partial charge >= 0.3 is 6.09 Å². The van der Waals surface area contributed by atoms with Crippen LogP contribution in [0.15, 0.2) is 12.1 Å². The van der Waals surface area contributed by atoms with Crippen molar-refractivity contribution >= 4 is 17.5 Å². The number of carbonyl (C=O) groups excluding carboxylic acids is 1. The van der Waals surface area contributed by atoms with Crippen LogP contribution in [-0.2, 0) is 4.74 Å². The van der Waals surface area contributed by atoms with Gasteiger partial charge in [-0.15, -0.1) is 0 Å². The number of nitrogen functional groups attached to an aromatic ring is 1. The fourth-order valence-corrected chi connectivity index (χ4v) is 1.55. The highest BCUT2D eigenvalue weighted by Crippen LogP contribution is 2.38. The summed E-state index contributed by atoms with van der Waals surface area (Å²) < 4.78 is 15.6. The molecule has 7 heteroatoms. The molecule has 0 aromatic heterocycles. The van der Waals surface area contributed by atoms with Crippen LogP contribution in [0.3, 0.4) is 0 Å². The number of hydrogen-bond acceptors (Lipinski definition) is 6. The van der Waals surface area contributed by atoms with Crippen LogP contribution in [0.25, 0.3) is 0 Å². The van der Waals surface area contributed by atoms with Crippen LogP contribution in [0.5, 0.6) is 11.5 Å². The number of rotatable bonds is 4. The number of anilines is 2. The molecule has 1 rings (SSSR count). The van der Waals surface area contributed by atoms with Crippen molar-refractivity contribution in [2.24, 2.45) is 5.84 Å². The Hall–Kier alpha value is -2.15. The van der Waals surface area contributed by atoms with Crippen LogP contribution in [-0.4, -0.2) is 25.9 Å². The Balaban J connectivity index is 3.06. The third kappa shape index (κ3) is 4.20. The molecule has 0 spiro atoms. The lowest BCUT2D eigenvalue weighted by Crippen LogP contribution is -2.27. The second-order valence-corrected chi connectivity index (χ2v) is 5.03. The van der Waals surface area contributed by atoms with Crippen molar-refractivity contribution in [3.8, 4) is 11.5 Å². The first-order valence-electron chi connectivity index (χ1n) is 6.03. The van der Waals surface area contributed by atoms with Gasteiger partial charge in [-0.2, -0.15) is 0 Å². The molecule has 1 aromatic carbocycles. The molecule has 0 heterocycles. The smallest absolute Gasteiger partial charge is 0.412 e. The van der Waals surface area contributed by atoms with E-state index in [1.165, 1.54) is 14.2 Å². The number of carbonyl (C=O) groups is 1. The summed E-state index contributed by atoms with van der Waals surface area (Å²) in [6.07, 6.45) is -0.591. The van der Waals surface area contributed by atoms with Crippen molar-refractivity contribution in [1.82, 2.24) is 0 Å². The maximum Gasteiger partial charge on any atom is 0.412 e. The van der Waals surface area contributed by atoms with E-state index in [1.807, 2.05) is 0 Å². The van der Waals surface area contributed by atoms with Crippen LogP contribution in [0.1, 0.15) is 20.8 Å². The topological polar surface area (TPSA) is 94.8 Å². The summed E-state index contributed by atoms with van der Waals surface area (Å²) in [4.78, 5) is 11.8. The maximum absolute atomic E-state index is 11.8. The molecular formula is C13H21N3O4. The van der Waals surface area contributed by atoms with Crippen LogP contribution in [0, 0.1) is 0 Å². The predicted molar refractivity (Wildman–Crippen MR) is 77.2 cm³/mol. The molecule has 0 fully saturated rings. The second kappa shape index (κ2) is 6.33. The van der Waals surface area contributed by atoms with Crippen LogP contribution in [0.2, 0.25) is 0 Å². The average molecular weight is 283 g/mol. The molecule has 0 aliphatic carbocycles. The first kappa shape index (κ1) is 15.9. The average Bonchev–Trinajstić information content (AvgIpc) is 2.35. The Kier molecular flexibility index (Phi) is 5.04. The van der Waals surface area contributed by atoms with Crippen molar-refractivity contribution in [2.75, 3.05) is 25.0 Å². The van der Waals surface area contributed by atoms with Gasteiger partial charge in [-0.1, -0.05) is 0 Å². The van der Waals surface area contributed by atoms with E-state index >= 15 is 0 Å². The minimum atomic E-state index is -0.592. The molecule has 0 saturated heterocycles. The number of benzene rings is 1. The normalized spacial score (nSPS) is 10.7. The van der Waals surface area contributed by atoms with Gasteiger partial charge in [-0.25, -0.2) is 4.79 Å². The van der Waals surface area contributed by atoms with Crippen molar-refractivity contribution < 1.29 is 19.0 Å². The highest BCUT2D eigenvalue weighted by Gasteiger charge is 2.19. The lowest BCUT2D eigenvalue weighted by molar-refractivity contribution is 0.0635. The predicted octanol–water partition coefficient (Wildman–Crippen LogP) is 2.34. The van der Waals surface area contributed by atoms with Gasteiger partial charge in [-0.05, 0) is 26.8 Å². The minimum Gasteiger partial charge on any atom is -0.493 e. The van der Waals surface area contributed by atoms with Crippen molar-refractivity contribution in [3.05, 3.63) is 12.1 Å². The van der Waals surface area contributed by atoms with Crippen LogP contribution < -0.4 is 26.1 Å². The lowest BCUT2D eigenvalue weighted by Gasteiger charge is -2.21. The second-order valence-electron chi connectivity index (χ2n) is 5.03. The molecule has 0 unspecified atom stereocenters. The van der Waals surface area contributed by atoms with Crippen LogP contribution >= 0.6 is 0 Å². The van der Waals surface area contributed by atoms with Gasteiger partial charge < -0.3 is 19.6 Å². The molecule has 0 aliphatic heterocycles. The SMILES string of the molecule is COc1cc(NN)cc(NC(=O)OC(C)(C)C)c1OC. The summed E-state index contributed by atoms with van der Waals surface area (Å²) >= 11 is 0. The Morgan fingerprint density at radius 2 is 1.85 bits per heavy atom. The van der Waals surface area contributed by atoms with E-state index in [1.54, 1.807) is 32.9 Å². The van der Waals surface area contributed by atoms with Crippen molar-refractivity contribution in [2.45, 2.75) is 26.4 Å². The number of amides is 1. The largest absolute Gasteiger partial charge is 0.493 e. The molecule has 0 saturated carbocycles. The summed E-state index contributed by atoms with van der Waals surface area (Å²) in [5.41, 5.74) is 2.86. The molecule has 1 amide bonds. The van der Waals surface area contributed by atoms with Crippen molar-refractivity contribution in [3.63, 3.8) is 0 Å². The van der Waals surface area contributed by atoms with E-state index in [9.17, 15) is 4.79 Å². The quantitative estimate of drug-likeness (QED) is 0.580. The third-order valence-electron chi connectivity index (χ3n) is 2.28. The standard InChI is InChI=1S/C13H21N3O4/c1-13(2,3)20-12(17)15-9-6-8(16-14)7-10(18-4)11(9)19-5/h6-7,16H,14H2,1-5H3,(H,15,17). The molecule has 4 N–H and O–H groups in total. The van der Waals surface area contributed by atoms with Gasteiger partial charge in [-0.3, -0.25) is 11.2 Å². The first-order chi connectivity index (χ1) is 9.30. The van der Waals surface area contributed by atoms with E-state index in [0.717, 1.165) is 0 Å². The van der Waals surface area contributed by atoms with E-state index in [4.69, 9.17) is 20.1 Å². The van der Waals surface area contributed by atoms with E-state index < -0.39 is 11.7 Å². The van der Waals surface area contributed by atoms with E-state index in [-0.39, 0.29) is 0 Å². The van der Waals surface area contributed by atoms with Gasteiger partial charge in [0.2, 0.25) is 0 Å². The summed E-state index contributed by atoms with van der Waals surface area (Å²) in [5, 5.41) is 2.61. The number of nitrogens with two attached hydrogens (primary N) is 1. The molecule has 0 atom stereocenters. The summed E-state index contributed by atoms with van der Waals surface area (Å²) in [6, 6.07) is 3.27. The molecular weight excluding hydrogens is 262 g/mol. The van der Waals surface area contributed by atoms with E-state index in [0.29, 0.717) is 22.9 Å². The molecule has 0 bridgehead atoms. The molecule has 1 aromatic rings. The van der Waals surface area contributed by atoms with Gasteiger partial charge in [0, 0.05) is 6.07 Å². The zero-order valence-corrected chi connectivity index (χ0v) is 12.4. The number of ether oxygens (including phenoxy) is 3. The maximum atomic E-state index is 11.8. The number of hydrogen-bond donors (Lipinski definition) is 3. The summed E-state index contributed by atoms with van der Waals surface area (Å²) in [6.45, 7) is 5.34. The van der Waals surface area contributed by atoms with E-state index in [2.05, 4.69) is 10.7 Å². The molecule has 0 radical (unpaired) electrons. The Labute approximate surface area is 118 Å². The number of hydrazine groups is 1. The minimum absolute atomic E-state index is 0.386. The fourth-order valence-electron chi connectivity index (χ4n) is 1.55. The van der Waals surface area contributed by atoms with Crippen LogP contribution in [0.4, 0.5) is 16.2 Å². The van der Waals surface area contributed by atoms with Crippen molar-refractivity contribution in [1.29, 1.82) is 0 Å². The molecule has 20 heavy (non-hydrogen) atoms. The van der Waals surface area contributed by atoms with Gasteiger partial charge in [0.1, 0.15) is 5.60 Å².